The number of halogens is 1. The molecular weight excluding hydrogens is 388 g/mol. The summed E-state index contributed by atoms with van der Waals surface area (Å²) in [5.41, 5.74) is 0. The Hall–Kier alpha value is -1.20. The lowest BCUT2D eigenvalue weighted by Gasteiger charge is -2.07. The number of thiophene rings is 1. The van der Waals surface area contributed by atoms with Gasteiger partial charge < -0.3 is 16.0 Å². The molecular formula is C14H25ClN4O4S2. The maximum Gasteiger partial charge on any atom is 0.250 e. The quantitative estimate of drug-likeness (QED) is 0.387. The Morgan fingerprint density at radius 1 is 1.12 bits per heavy atom. The summed E-state index contributed by atoms with van der Waals surface area (Å²) >= 11 is 1.05. The standard InChI is InChI=1S/C14H24N4O4S2.ClH/c1-3-6-15-7-8-16-13(20)10-18-24(21,22)14-5-4-12(23-14)9-17-11(2)19;/h4-5,15,18H,3,6-10H2,1-2H3,(H,16,20)(H,17,19);1H. The van der Waals surface area contributed by atoms with Crippen LogP contribution in [0, 0.1) is 0 Å². The highest BCUT2D eigenvalue weighted by Gasteiger charge is 2.18. The van der Waals surface area contributed by atoms with E-state index >= 15 is 0 Å². The van der Waals surface area contributed by atoms with Gasteiger partial charge in [0.05, 0.1) is 13.1 Å². The summed E-state index contributed by atoms with van der Waals surface area (Å²) in [7, 11) is -3.73. The van der Waals surface area contributed by atoms with Crippen molar-refractivity contribution in [1.29, 1.82) is 0 Å². The maximum atomic E-state index is 12.1. The molecule has 0 spiro atoms. The van der Waals surface area contributed by atoms with E-state index in [1.807, 2.05) is 6.92 Å². The molecule has 144 valence electrons. The molecule has 25 heavy (non-hydrogen) atoms. The number of sulfonamides is 1. The van der Waals surface area contributed by atoms with Crippen molar-refractivity contribution in [2.24, 2.45) is 0 Å². The molecule has 0 aliphatic heterocycles. The summed E-state index contributed by atoms with van der Waals surface area (Å²) < 4.78 is 26.6. The molecule has 2 amide bonds. The van der Waals surface area contributed by atoms with Crippen molar-refractivity contribution >= 4 is 45.6 Å². The van der Waals surface area contributed by atoms with Crippen LogP contribution < -0.4 is 20.7 Å². The van der Waals surface area contributed by atoms with Crippen LogP contribution >= 0.6 is 23.7 Å². The van der Waals surface area contributed by atoms with Crippen molar-refractivity contribution in [3.8, 4) is 0 Å². The zero-order valence-electron chi connectivity index (χ0n) is 14.3. The Labute approximate surface area is 158 Å². The molecule has 8 nitrogen and oxygen atoms in total. The SMILES string of the molecule is CCCNCCNC(=O)CNS(=O)(=O)c1ccc(CNC(C)=O)s1.Cl. The summed E-state index contributed by atoms with van der Waals surface area (Å²) in [5, 5.41) is 8.36. The molecule has 0 saturated carbocycles. The minimum atomic E-state index is -3.73. The first-order valence-corrected chi connectivity index (χ1v) is 9.95. The number of amides is 2. The first kappa shape index (κ1) is 23.8. The topological polar surface area (TPSA) is 116 Å². The summed E-state index contributed by atoms with van der Waals surface area (Å²) in [6.45, 7) is 5.37. The molecule has 4 N–H and O–H groups in total. The molecule has 1 rings (SSSR count). The largest absolute Gasteiger partial charge is 0.354 e. The van der Waals surface area contributed by atoms with Crippen molar-refractivity contribution in [3.63, 3.8) is 0 Å². The first-order chi connectivity index (χ1) is 11.3. The van der Waals surface area contributed by atoms with Crippen molar-refractivity contribution in [1.82, 2.24) is 20.7 Å². The highest BCUT2D eigenvalue weighted by molar-refractivity contribution is 7.91. The van der Waals surface area contributed by atoms with E-state index in [1.54, 1.807) is 6.07 Å². The maximum absolute atomic E-state index is 12.1. The molecule has 0 aliphatic carbocycles. The van der Waals surface area contributed by atoms with Gasteiger partial charge in [0.15, 0.2) is 0 Å². The zero-order chi connectivity index (χ0) is 18.0. The van der Waals surface area contributed by atoms with Crippen LogP contribution in [-0.4, -0.2) is 46.4 Å². The smallest absolute Gasteiger partial charge is 0.250 e. The molecule has 0 radical (unpaired) electrons. The van der Waals surface area contributed by atoms with Crippen LogP contribution in [-0.2, 0) is 26.2 Å². The molecule has 1 aromatic heterocycles. The van der Waals surface area contributed by atoms with Gasteiger partial charge in [-0.15, -0.1) is 23.7 Å². The van der Waals surface area contributed by atoms with E-state index in [9.17, 15) is 18.0 Å². The number of carbonyl (C=O) groups excluding carboxylic acids is 2. The monoisotopic (exact) mass is 412 g/mol. The minimum Gasteiger partial charge on any atom is -0.354 e. The fourth-order valence-electron chi connectivity index (χ4n) is 1.70. The van der Waals surface area contributed by atoms with Gasteiger partial charge in [-0.25, -0.2) is 13.1 Å². The number of hydrogen-bond donors (Lipinski definition) is 4. The third-order valence-electron chi connectivity index (χ3n) is 2.89. The van der Waals surface area contributed by atoms with E-state index in [0.29, 0.717) is 13.1 Å². The Bertz CT molecular complexity index is 649. The summed E-state index contributed by atoms with van der Waals surface area (Å²) in [6.07, 6.45) is 1.01. The molecule has 0 atom stereocenters. The van der Waals surface area contributed by atoms with E-state index < -0.39 is 10.0 Å². The van der Waals surface area contributed by atoms with Crippen molar-refractivity contribution in [2.45, 2.75) is 31.0 Å². The number of nitrogens with one attached hydrogen (secondary N) is 4. The molecule has 0 fully saturated rings. The normalized spacial score (nSPS) is 10.8. The Kier molecular flexibility index (Phi) is 11.6. The van der Waals surface area contributed by atoms with Crippen LogP contribution in [0.25, 0.3) is 0 Å². The second kappa shape index (κ2) is 12.2. The van der Waals surface area contributed by atoms with Crippen LogP contribution in [0.2, 0.25) is 0 Å². The highest BCUT2D eigenvalue weighted by atomic mass is 35.5. The second-order valence-corrected chi connectivity index (χ2v) is 8.22. The van der Waals surface area contributed by atoms with Gasteiger partial charge in [-0.2, -0.15) is 0 Å². The van der Waals surface area contributed by atoms with Crippen LogP contribution in [0.4, 0.5) is 0 Å². The van der Waals surface area contributed by atoms with Gasteiger partial charge in [0, 0.05) is 24.9 Å². The molecule has 0 aromatic carbocycles. The molecule has 0 saturated heterocycles. The average Bonchev–Trinajstić information content (AvgIpc) is 3.01. The highest BCUT2D eigenvalue weighted by Crippen LogP contribution is 2.21. The third-order valence-corrected chi connectivity index (χ3v) is 5.87. The van der Waals surface area contributed by atoms with E-state index in [-0.39, 0.29) is 41.5 Å². The van der Waals surface area contributed by atoms with Gasteiger partial charge >= 0.3 is 0 Å². The first-order valence-electron chi connectivity index (χ1n) is 7.65. The van der Waals surface area contributed by atoms with E-state index in [1.165, 1.54) is 13.0 Å². The van der Waals surface area contributed by atoms with Crippen molar-refractivity contribution < 1.29 is 18.0 Å². The Morgan fingerprint density at radius 3 is 2.48 bits per heavy atom. The van der Waals surface area contributed by atoms with Gasteiger partial charge in [0.2, 0.25) is 11.8 Å². The number of hydrogen-bond acceptors (Lipinski definition) is 6. The van der Waals surface area contributed by atoms with Crippen LogP contribution in [0.3, 0.4) is 0 Å². The van der Waals surface area contributed by atoms with Crippen molar-refractivity contribution in [2.75, 3.05) is 26.2 Å². The zero-order valence-corrected chi connectivity index (χ0v) is 16.7. The molecule has 1 heterocycles. The second-order valence-electron chi connectivity index (χ2n) is 5.05. The lowest BCUT2D eigenvalue weighted by Crippen LogP contribution is -2.39. The van der Waals surface area contributed by atoms with Crippen LogP contribution in [0.1, 0.15) is 25.1 Å². The molecule has 1 aromatic rings. The lowest BCUT2D eigenvalue weighted by molar-refractivity contribution is -0.120. The van der Waals surface area contributed by atoms with Crippen LogP contribution in [0.15, 0.2) is 16.3 Å². The van der Waals surface area contributed by atoms with E-state index in [0.717, 1.165) is 29.2 Å². The molecule has 0 unspecified atom stereocenters. The fourth-order valence-corrected chi connectivity index (χ4v) is 4.02. The number of rotatable bonds is 11. The number of carbonyl (C=O) groups is 2. The lowest BCUT2D eigenvalue weighted by atomic mass is 10.4. The predicted octanol–water partition coefficient (Wildman–Crippen LogP) is 0.200. The molecule has 0 aliphatic rings. The minimum absolute atomic E-state index is 0. The third kappa shape index (κ3) is 9.75. The van der Waals surface area contributed by atoms with Gasteiger partial charge in [-0.1, -0.05) is 6.92 Å². The van der Waals surface area contributed by atoms with E-state index in [2.05, 4.69) is 20.7 Å². The van der Waals surface area contributed by atoms with Crippen LogP contribution in [0.5, 0.6) is 0 Å². The van der Waals surface area contributed by atoms with Gasteiger partial charge in [-0.05, 0) is 25.1 Å². The van der Waals surface area contributed by atoms with Gasteiger partial charge in [0.25, 0.3) is 10.0 Å². The summed E-state index contributed by atoms with van der Waals surface area (Å²) in [4.78, 5) is 23.2. The van der Waals surface area contributed by atoms with Gasteiger partial charge in [0.1, 0.15) is 4.21 Å². The summed E-state index contributed by atoms with van der Waals surface area (Å²) in [6, 6.07) is 3.09. The Morgan fingerprint density at radius 2 is 1.84 bits per heavy atom. The molecule has 11 heteroatoms. The average molecular weight is 413 g/mol. The molecule has 0 bridgehead atoms. The fraction of sp³-hybridized carbons (Fsp3) is 0.571. The van der Waals surface area contributed by atoms with E-state index in [4.69, 9.17) is 0 Å². The predicted molar refractivity (Wildman–Crippen MR) is 100 cm³/mol. The van der Waals surface area contributed by atoms with Gasteiger partial charge in [-0.3, -0.25) is 9.59 Å². The Balaban J connectivity index is 0.00000576. The van der Waals surface area contributed by atoms with Crippen molar-refractivity contribution in [3.05, 3.63) is 17.0 Å². The summed E-state index contributed by atoms with van der Waals surface area (Å²) in [5.74, 6) is -0.567.